The van der Waals surface area contributed by atoms with Crippen molar-refractivity contribution in [2.45, 2.75) is 13.0 Å². The molecule has 0 fully saturated rings. The summed E-state index contributed by atoms with van der Waals surface area (Å²) in [4.78, 5) is 13.5. The zero-order chi connectivity index (χ0) is 9.84. The predicted octanol–water partition coefficient (Wildman–Crippen LogP) is 2.44. The van der Waals surface area contributed by atoms with E-state index in [1.165, 1.54) is 12.1 Å². The summed E-state index contributed by atoms with van der Waals surface area (Å²) in [5.41, 5.74) is 0.770. The Bertz CT molecular complexity index is 359. The molecule has 0 saturated carbocycles. The average molecular weight is 198 g/mol. The molecule has 0 bridgehead atoms. The van der Waals surface area contributed by atoms with Crippen molar-refractivity contribution in [1.29, 1.82) is 0 Å². The van der Waals surface area contributed by atoms with Crippen LogP contribution >= 0.6 is 11.6 Å². The lowest BCUT2D eigenvalue weighted by molar-refractivity contribution is 0.475. The van der Waals surface area contributed by atoms with Gasteiger partial charge in [-0.25, -0.2) is 4.79 Å². The van der Waals surface area contributed by atoms with Gasteiger partial charge in [0.05, 0.1) is 11.1 Å². The lowest BCUT2D eigenvalue weighted by Gasteiger charge is -2.05. The summed E-state index contributed by atoms with van der Waals surface area (Å²) in [6, 6.07) is 4.42. The minimum absolute atomic E-state index is 0.0210. The van der Waals surface area contributed by atoms with E-state index < -0.39 is 0 Å². The monoisotopic (exact) mass is 197 g/mol. The second-order valence-electron chi connectivity index (χ2n) is 2.61. The molecule has 1 atom stereocenters. The minimum Gasteiger partial charge on any atom is -0.506 e. The van der Waals surface area contributed by atoms with E-state index in [0.29, 0.717) is 0 Å². The second-order valence-corrected chi connectivity index (χ2v) is 3.01. The molecular weight excluding hydrogens is 190 g/mol. The van der Waals surface area contributed by atoms with Gasteiger partial charge in [0.2, 0.25) is 6.08 Å². The van der Waals surface area contributed by atoms with E-state index in [1.54, 1.807) is 19.1 Å². The highest BCUT2D eigenvalue weighted by Gasteiger charge is 2.05. The van der Waals surface area contributed by atoms with Crippen LogP contribution in [0.1, 0.15) is 18.5 Å². The van der Waals surface area contributed by atoms with Gasteiger partial charge in [-0.15, -0.1) is 0 Å². The van der Waals surface area contributed by atoms with Crippen LogP contribution in [0, 0.1) is 0 Å². The molecule has 0 aliphatic rings. The maximum absolute atomic E-state index is 9.97. The van der Waals surface area contributed by atoms with E-state index in [2.05, 4.69) is 4.99 Å². The van der Waals surface area contributed by atoms with Crippen molar-refractivity contribution in [2.75, 3.05) is 0 Å². The first-order valence-electron chi connectivity index (χ1n) is 3.70. The quantitative estimate of drug-likeness (QED) is 0.585. The third-order valence-electron chi connectivity index (χ3n) is 1.70. The van der Waals surface area contributed by atoms with E-state index in [-0.39, 0.29) is 16.8 Å². The van der Waals surface area contributed by atoms with Gasteiger partial charge in [-0.1, -0.05) is 17.7 Å². The van der Waals surface area contributed by atoms with Crippen LogP contribution in [0.3, 0.4) is 0 Å². The van der Waals surface area contributed by atoms with E-state index in [4.69, 9.17) is 16.7 Å². The van der Waals surface area contributed by atoms with Crippen LogP contribution in [0.15, 0.2) is 23.2 Å². The van der Waals surface area contributed by atoms with Crippen molar-refractivity contribution in [3.05, 3.63) is 28.8 Å². The maximum atomic E-state index is 9.97. The third-order valence-corrected chi connectivity index (χ3v) is 2.00. The number of benzene rings is 1. The number of phenolic OH excluding ortho intramolecular Hbond substituents is 1. The SMILES string of the molecule is CC(N=C=O)c1ccc(O)c(Cl)c1. The van der Waals surface area contributed by atoms with Crippen molar-refractivity contribution < 1.29 is 9.90 Å². The van der Waals surface area contributed by atoms with Crippen LogP contribution in [-0.2, 0) is 4.79 Å². The van der Waals surface area contributed by atoms with Crippen LogP contribution < -0.4 is 0 Å². The van der Waals surface area contributed by atoms with Crippen LogP contribution in [-0.4, -0.2) is 11.2 Å². The van der Waals surface area contributed by atoms with Gasteiger partial charge in [0.1, 0.15) is 5.75 Å². The van der Waals surface area contributed by atoms with E-state index in [9.17, 15) is 4.79 Å². The average Bonchev–Trinajstić information content (AvgIpc) is 2.10. The van der Waals surface area contributed by atoms with Crippen LogP contribution in [0.5, 0.6) is 5.75 Å². The Morgan fingerprint density at radius 3 is 2.85 bits per heavy atom. The number of isocyanates is 1. The Morgan fingerprint density at radius 1 is 1.62 bits per heavy atom. The van der Waals surface area contributed by atoms with Crippen LogP contribution in [0.2, 0.25) is 5.02 Å². The molecule has 0 saturated heterocycles. The molecule has 1 aromatic carbocycles. The van der Waals surface area contributed by atoms with Gasteiger partial charge in [-0.3, -0.25) is 0 Å². The second kappa shape index (κ2) is 4.08. The molecule has 0 aromatic heterocycles. The Hall–Kier alpha value is -1.31. The summed E-state index contributed by atoms with van der Waals surface area (Å²) in [6.07, 6.45) is 1.47. The molecule has 1 N–H and O–H groups in total. The minimum atomic E-state index is -0.282. The first-order valence-corrected chi connectivity index (χ1v) is 4.08. The van der Waals surface area contributed by atoms with Gasteiger partial charge in [-0.05, 0) is 24.6 Å². The number of aliphatic imine (C=N–C) groups is 1. The van der Waals surface area contributed by atoms with E-state index >= 15 is 0 Å². The Kier molecular flexibility index (Phi) is 3.07. The van der Waals surface area contributed by atoms with Crippen molar-refractivity contribution in [3.63, 3.8) is 0 Å². The van der Waals surface area contributed by atoms with Gasteiger partial charge < -0.3 is 5.11 Å². The summed E-state index contributed by atoms with van der Waals surface area (Å²) in [6.45, 7) is 1.74. The molecule has 0 aliphatic carbocycles. The van der Waals surface area contributed by atoms with Gasteiger partial charge in [0, 0.05) is 0 Å². The zero-order valence-corrected chi connectivity index (χ0v) is 7.75. The van der Waals surface area contributed by atoms with Crippen molar-refractivity contribution in [3.8, 4) is 5.75 Å². The Balaban J connectivity index is 3.03. The van der Waals surface area contributed by atoms with Crippen molar-refractivity contribution in [1.82, 2.24) is 0 Å². The molecule has 1 rings (SSSR count). The predicted molar refractivity (Wildman–Crippen MR) is 49.7 cm³/mol. The van der Waals surface area contributed by atoms with Crippen LogP contribution in [0.4, 0.5) is 0 Å². The number of nitrogens with zero attached hydrogens (tertiary/aromatic N) is 1. The Morgan fingerprint density at radius 2 is 2.31 bits per heavy atom. The van der Waals surface area contributed by atoms with Crippen molar-refractivity contribution in [2.24, 2.45) is 4.99 Å². The summed E-state index contributed by atoms with van der Waals surface area (Å²) in [7, 11) is 0. The zero-order valence-electron chi connectivity index (χ0n) is 6.99. The molecule has 4 heteroatoms. The topological polar surface area (TPSA) is 49.7 Å². The summed E-state index contributed by atoms with van der Waals surface area (Å²) < 4.78 is 0. The third kappa shape index (κ3) is 2.31. The maximum Gasteiger partial charge on any atom is 0.235 e. The molecule has 13 heavy (non-hydrogen) atoms. The molecule has 0 spiro atoms. The molecule has 0 heterocycles. The van der Waals surface area contributed by atoms with Gasteiger partial charge in [-0.2, -0.15) is 4.99 Å². The Labute approximate surface area is 80.7 Å². The number of aromatic hydroxyl groups is 1. The smallest absolute Gasteiger partial charge is 0.235 e. The molecule has 1 aromatic rings. The first kappa shape index (κ1) is 9.78. The van der Waals surface area contributed by atoms with E-state index in [0.717, 1.165) is 5.56 Å². The largest absolute Gasteiger partial charge is 0.506 e. The highest BCUT2D eigenvalue weighted by atomic mass is 35.5. The molecule has 1 unspecified atom stereocenters. The lowest BCUT2D eigenvalue weighted by atomic mass is 10.1. The highest BCUT2D eigenvalue weighted by Crippen LogP contribution is 2.27. The molecule has 0 amide bonds. The molecule has 3 nitrogen and oxygen atoms in total. The summed E-state index contributed by atoms with van der Waals surface area (Å²) in [5.74, 6) is 0.0210. The van der Waals surface area contributed by atoms with E-state index in [1.807, 2.05) is 0 Å². The molecular formula is C9H8ClNO2. The number of hydrogen-bond donors (Lipinski definition) is 1. The number of rotatable bonds is 2. The lowest BCUT2D eigenvalue weighted by Crippen LogP contribution is -1.88. The number of phenols is 1. The first-order chi connectivity index (χ1) is 6.15. The fourth-order valence-corrected chi connectivity index (χ4v) is 1.13. The summed E-state index contributed by atoms with van der Waals surface area (Å²) in [5, 5.41) is 9.37. The summed E-state index contributed by atoms with van der Waals surface area (Å²) >= 11 is 5.67. The van der Waals surface area contributed by atoms with Gasteiger partial charge in [0.25, 0.3) is 0 Å². The van der Waals surface area contributed by atoms with Crippen molar-refractivity contribution >= 4 is 17.7 Å². The standard InChI is InChI=1S/C9H8ClNO2/c1-6(11-5-12)7-2-3-9(13)8(10)4-7/h2-4,6,13H,1H3. The fourth-order valence-electron chi connectivity index (χ4n) is 0.937. The van der Waals surface area contributed by atoms with Gasteiger partial charge in [0.15, 0.2) is 0 Å². The molecule has 68 valence electrons. The van der Waals surface area contributed by atoms with Gasteiger partial charge >= 0.3 is 0 Å². The highest BCUT2D eigenvalue weighted by molar-refractivity contribution is 6.32. The number of carbonyl (C=O) groups excluding carboxylic acids is 1. The number of hydrogen-bond acceptors (Lipinski definition) is 3. The number of halogens is 1. The fraction of sp³-hybridized carbons (Fsp3) is 0.222. The van der Waals surface area contributed by atoms with Crippen LogP contribution in [0.25, 0.3) is 0 Å². The molecule has 0 aliphatic heterocycles. The normalized spacial score (nSPS) is 11.8. The molecule has 0 radical (unpaired) electrons.